The summed E-state index contributed by atoms with van der Waals surface area (Å²) in [6.07, 6.45) is 76.6. The molecule has 0 aliphatic heterocycles. The summed E-state index contributed by atoms with van der Waals surface area (Å²) in [5.74, 6) is -0.559. The molecule has 0 saturated carbocycles. The van der Waals surface area contributed by atoms with Crippen LogP contribution in [-0.2, 0) is 27.9 Å². The molecule has 3 unspecified atom stereocenters. The highest BCUT2D eigenvalue weighted by Crippen LogP contribution is 2.38. The van der Waals surface area contributed by atoms with E-state index in [1.54, 1.807) is 0 Å². The Morgan fingerprint density at radius 3 is 1.23 bits per heavy atom. The largest absolute Gasteiger partial charge is 0.756 e. The Morgan fingerprint density at radius 2 is 0.821 bits per heavy atom. The zero-order chi connectivity index (χ0) is 57.2. The van der Waals surface area contributed by atoms with Crippen molar-refractivity contribution < 1.29 is 37.3 Å². The molecule has 78 heavy (non-hydrogen) atoms. The minimum absolute atomic E-state index is 0.0288. The number of quaternary nitrogens is 1. The van der Waals surface area contributed by atoms with E-state index in [0.29, 0.717) is 17.4 Å². The van der Waals surface area contributed by atoms with Crippen molar-refractivity contribution in [3.05, 3.63) is 97.2 Å². The van der Waals surface area contributed by atoms with Crippen LogP contribution >= 0.6 is 7.82 Å². The van der Waals surface area contributed by atoms with E-state index in [0.717, 1.165) is 128 Å². The molecule has 0 fully saturated rings. The van der Waals surface area contributed by atoms with Crippen molar-refractivity contribution in [3.63, 3.8) is 0 Å². The summed E-state index contributed by atoms with van der Waals surface area (Å²) in [6.45, 7) is 6.62. The zero-order valence-corrected chi connectivity index (χ0v) is 52.2. The van der Waals surface area contributed by atoms with Crippen LogP contribution in [-0.4, -0.2) is 69.4 Å². The number of hydrogen-bond donors (Lipinski definition) is 1. The van der Waals surface area contributed by atoms with Gasteiger partial charge in [-0.25, -0.2) is 0 Å². The van der Waals surface area contributed by atoms with Crippen molar-refractivity contribution in [3.8, 4) is 0 Å². The number of nitrogens with one attached hydrogen (secondary N) is 1. The van der Waals surface area contributed by atoms with Gasteiger partial charge in [-0.05, 0) is 102 Å². The third kappa shape index (κ3) is 57.6. The predicted molar refractivity (Wildman–Crippen MR) is 334 cm³/mol. The van der Waals surface area contributed by atoms with Gasteiger partial charge in [0.15, 0.2) is 0 Å². The molecule has 0 bridgehead atoms. The van der Waals surface area contributed by atoms with Crippen molar-refractivity contribution in [2.75, 3.05) is 40.9 Å². The first-order valence-corrected chi connectivity index (χ1v) is 33.5. The van der Waals surface area contributed by atoms with Gasteiger partial charge in [0.2, 0.25) is 5.91 Å². The molecule has 3 atom stereocenters. The first-order valence-electron chi connectivity index (χ1n) is 32.0. The summed E-state index contributed by atoms with van der Waals surface area (Å²) in [4.78, 5) is 40.0. The van der Waals surface area contributed by atoms with Gasteiger partial charge in [-0.1, -0.05) is 253 Å². The molecule has 0 aliphatic carbocycles. The summed E-state index contributed by atoms with van der Waals surface area (Å²) in [5.41, 5.74) is 0. The molecule has 9 nitrogen and oxygen atoms in total. The summed E-state index contributed by atoms with van der Waals surface area (Å²) in [7, 11) is 1.17. The topological polar surface area (TPSA) is 114 Å². The maximum atomic E-state index is 13.5. The van der Waals surface area contributed by atoms with Crippen LogP contribution in [0.1, 0.15) is 271 Å². The molecular formula is C68H121N2O7P. The summed E-state index contributed by atoms with van der Waals surface area (Å²) >= 11 is 0. The van der Waals surface area contributed by atoms with Crippen molar-refractivity contribution in [2.45, 2.75) is 283 Å². The molecular weight excluding hydrogens is 988 g/mol. The van der Waals surface area contributed by atoms with E-state index in [2.05, 4.69) is 111 Å². The van der Waals surface area contributed by atoms with Crippen LogP contribution in [0.25, 0.3) is 0 Å². The van der Waals surface area contributed by atoms with Gasteiger partial charge in [0.1, 0.15) is 19.3 Å². The Morgan fingerprint density at radius 1 is 0.462 bits per heavy atom. The van der Waals surface area contributed by atoms with Gasteiger partial charge in [-0.3, -0.25) is 14.2 Å². The monoisotopic (exact) mass is 1110 g/mol. The normalized spacial score (nSPS) is 14.3. The standard InChI is InChI=1S/C68H121N2O7P/c1-7-10-13-16-19-22-25-28-30-31-32-33-34-35-36-37-38-39-40-43-46-49-52-55-58-61-68(72)77-66(59-56-53-50-47-44-41-27-24-21-18-15-12-9-3)65(64-76-78(73,74)75-63-62-70(4,5)6)69-67(71)60-57-54-51-48-45-42-29-26-23-20-17-14-11-8-2/h10-11,13-14,19-20,22-23,28,30,32-33,35-36,56,59,65-66H,7-9,12,15-18,21,24-27,29,31,34,37-55,57-58,60-64H2,1-6H3,(H-,69,71,73,74)/b13-10-,14-11+,22-19-,23-20+,30-28-,33-32-,36-35-,59-56-. The average Bonchev–Trinajstić information content (AvgIpc) is 3.40. The Bertz CT molecular complexity index is 1660. The van der Waals surface area contributed by atoms with Crippen LogP contribution in [0.2, 0.25) is 0 Å². The second-order valence-corrected chi connectivity index (χ2v) is 23.9. The van der Waals surface area contributed by atoms with Gasteiger partial charge >= 0.3 is 5.97 Å². The van der Waals surface area contributed by atoms with E-state index in [1.165, 1.54) is 109 Å². The molecule has 0 heterocycles. The van der Waals surface area contributed by atoms with Gasteiger partial charge in [0, 0.05) is 12.8 Å². The fourth-order valence-corrected chi connectivity index (χ4v) is 9.60. The summed E-state index contributed by atoms with van der Waals surface area (Å²) in [6, 6.07) is -0.900. The summed E-state index contributed by atoms with van der Waals surface area (Å²) < 4.78 is 30.3. The van der Waals surface area contributed by atoms with Crippen LogP contribution in [0.3, 0.4) is 0 Å². The highest BCUT2D eigenvalue weighted by Gasteiger charge is 2.27. The van der Waals surface area contributed by atoms with Crippen LogP contribution in [0.4, 0.5) is 0 Å². The van der Waals surface area contributed by atoms with Crippen molar-refractivity contribution in [1.82, 2.24) is 5.32 Å². The number of rotatable bonds is 57. The van der Waals surface area contributed by atoms with Crippen LogP contribution in [0, 0.1) is 0 Å². The molecule has 0 aliphatic rings. The number of unbranched alkanes of at least 4 members (excludes halogenated alkanes) is 27. The fourth-order valence-electron chi connectivity index (χ4n) is 8.88. The lowest BCUT2D eigenvalue weighted by atomic mass is 10.0. The maximum absolute atomic E-state index is 13.5. The molecule has 1 N–H and O–H groups in total. The van der Waals surface area contributed by atoms with Gasteiger partial charge in [0.25, 0.3) is 7.82 Å². The number of nitrogens with zero attached hydrogens (tertiary/aromatic N) is 1. The Hall–Kier alpha value is -3.07. The molecule has 0 aromatic heterocycles. The van der Waals surface area contributed by atoms with E-state index < -0.39 is 26.6 Å². The number of carbonyl (C=O) groups is 2. The first-order chi connectivity index (χ1) is 37.9. The number of esters is 1. The van der Waals surface area contributed by atoms with E-state index in [-0.39, 0.29) is 24.9 Å². The highest BCUT2D eigenvalue weighted by atomic mass is 31.2. The lowest BCUT2D eigenvalue weighted by Gasteiger charge is -2.30. The number of phosphoric acid groups is 1. The smallest absolute Gasteiger partial charge is 0.306 e. The number of allylic oxidation sites excluding steroid dienone is 15. The number of carbonyl (C=O) groups excluding carboxylic acids is 2. The van der Waals surface area contributed by atoms with Crippen molar-refractivity contribution in [1.29, 1.82) is 0 Å². The van der Waals surface area contributed by atoms with E-state index in [4.69, 9.17) is 13.8 Å². The second-order valence-electron chi connectivity index (χ2n) is 22.5. The first kappa shape index (κ1) is 74.9. The fraction of sp³-hybridized carbons (Fsp3) is 0.735. The number of likely N-dealkylation sites (N-methyl/N-ethyl adjacent to an activating group) is 1. The summed E-state index contributed by atoms with van der Waals surface area (Å²) in [5, 5.41) is 3.02. The van der Waals surface area contributed by atoms with E-state index in [1.807, 2.05) is 33.3 Å². The quantitative estimate of drug-likeness (QED) is 0.0212. The van der Waals surface area contributed by atoms with Crippen molar-refractivity contribution >= 4 is 19.7 Å². The molecule has 10 heteroatoms. The number of ether oxygens (including phenoxy) is 1. The Balaban J connectivity index is 5.18. The maximum Gasteiger partial charge on any atom is 0.306 e. The third-order valence-electron chi connectivity index (χ3n) is 13.8. The highest BCUT2D eigenvalue weighted by molar-refractivity contribution is 7.45. The molecule has 0 spiro atoms. The van der Waals surface area contributed by atoms with E-state index in [9.17, 15) is 19.0 Å². The van der Waals surface area contributed by atoms with Crippen LogP contribution < -0.4 is 10.2 Å². The lowest BCUT2D eigenvalue weighted by Crippen LogP contribution is -2.47. The molecule has 450 valence electrons. The van der Waals surface area contributed by atoms with E-state index >= 15 is 0 Å². The predicted octanol–water partition coefficient (Wildman–Crippen LogP) is 19.3. The average molecular weight is 1110 g/mol. The minimum Gasteiger partial charge on any atom is -0.756 e. The minimum atomic E-state index is -4.71. The van der Waals surface area contributed by atoms with Gasteiger partial charge in [-0.2, -0.15) is 0 Å². The Labute approximate surface area is 481 Å². The molecule has 0 radical (unpaired) electrons. The zero-order valence-electron chi connectivity index (χ0n) is 51.3. The molecule has 0 saturated heterocycles. The SMILES string of the molecule is CC/C=C\C/C=C\C/C=C\C/C=C\C/C=C\CCCCCCCCCCCC(=O)OC(/C=C\CCCCCCCCCCCCC)C(COP(=O)([O-])OCC[N+](C)(C)C)NC(=O)CCCCCCCCC/C=C/C/C=C/CC. The number of phosphoric ester groups is 1. The number of amides is 1. The van der Waals surface area contributed by atoms with Gasteiger partial charge in [-0.15, -0.1) is 0 Å². The molecule has 0 aromatic carbocycles. The van der Waals surface area contributed by atoms with Crippen LogP contribution in [0.15, 0.2) is 97.2 Å². The molecule has 0 aromatic rings. The molecule has 1 amide bonds. The lowest BCUT2D eigenvalue weighted by molar-refractivity contribution is -0.870. The van der Waals surface area contributed by atoms with Crippen LogP contribution in [0.5, 0.6) is 0 Å². The number of hydrogen-bond acceptors (Lipinski definition) is 7. The van der Waals surface area contributed by atoms with Crippen molar-refractivity contribution in [2.24, 2.45) is 0 Å². The van der Waals surface area contributed by atoms with Gasteiger partial charge in [0.05, 0.1) is 33.8 Å². The third-order valence-corrected chi connectivity index (χ3v) is 14.7. The second kappa shape index (κ2) is 57.2. The Kier molecular flexibility index (Phi) is 54.9. The van der Waals surface area contributed by atoms with Gasteiger partial charge < -0.3 is 28.5 Å². The molecule has 0 rings (SSSR count).